The van der Waals surface area contributed by atoms with Crippen molar-refractivity contribution in [3.05, 3.63) is 54.1 Å². The Morgan fingerprint density at radius 2 is 1.81 bits per heavy atom. The highest BCUT2D eigenvalue weighted by atomic mass is 32.2. The summed E-state index contributed by atoms with van der Waals surface area (Å²) in [5, 5.41) is 7.77. The van der Waals surface area contributed by atoms with Crippen molar-refractivity contribution in [2.24, 2.45) is 5.14 Å². The first kappa shape index (κ1) is 15.0. The van der Waals surface area contributed by atoms with Gasteiger partial charge in [-0.3, -0.25) is 4.79 Å². The van der Waals surface area contributed by atoms with Crippen molar-refractivity contribution in [3.63, 3.8) is 0 Å². The quantitative estimate of drug-likeness (QED) is 0.896. The number of ether oxygens (including phenoxy) is 1. The van der Waals surface area contributed by atoms with Crippen LogP contribution in [0.5, 0.6) is 5.75 Å². The van der Waals surface area contributed by atoms with Gasteiger partial charge in [-0.2, -0.15) is 0 Å². The number of carbonyl (C=O) groups excluding carboxylic acids is 1. The predicted octanol–water partition coefficient (Wildman–Crippen LogP) is 1.59. The monoisotopic (exact) mass is 306 g/mol. The molecule has 2 rings (SSSR count). The third-order valence-electron chi connectivity index (χ3n) is 2.76. The van der Waals surface area contributed by atoms with E-state index in [1.807, 2.05) is 6.07 Å². The highest BCUT2D eigenvalue weighted by molar-refractivity contribution is 7.89. The van der Waals surface area contributed by atoms with Gasteiger partial charge in [0.2, 0.25) is 10.0 Å². The van der Waals surface area contributed by atoms with Crippen LogP contribution in [-0.2, 0) is 10.0 Å². The fourth-order valence-corrected chi connectivity index (χ4v) is 2.45. The number of hydrogen-bond acceptors (Lipinski definition) is 4. The summed E-state index contributed by atoms with van der Waals surface area (Å²) < 4.78 is 27.7. The summed E-state index contributed by atoms with van der Waals surface area (Å²) in [5.74, 6) is -0.348. The summed E-state index contributed by atoms with van der Waals surface area (Å²) in [4.78, 5) is 11.9. The van der Waals surface area contributed by atoms with Crippen LogP contribution in [0.2, 0.25) is 0 Å². The van der Waals surface area contributed by atoms with Crippen molar-refractivity contribution < 1.29 is 17.9 Å². The minimum atomic E-state index is -3.90. The lowest BCUT2D eigenvalue weighted by molar-refractivity contribution is 0.102. The van der Waals surface area contributed by atoms with E-state index in [2.05, 4.69) is 5.32 Å². The van der Waals surface area contributed by atoms with E-state index in [0.717, 1.165) is 0 Å². The number of rotatable bonds is 4. The zero-order chi connectivity index (χ0) is 15.5. The molecule has 0 atom stereocenters. The number of methoxy groups -OCH3 is 1. The predicted molar refractivity (Wildman–Crippen MR) is 78.8 cm³/mol. The smallest absolute Gasteiger partial charge is 0.255 e. The molecule has 0 aliphatic heterocycles. The van der Waals surface area contributed by atoms with Crippen LogP contribution in [-0.4, -0.2) is 21.4 Å². The molecule has 0 saturated carbocycles. The summed E-state index contributed by atoms with van der Waals surface area (Å²) in [6.07, 6.45) is 0. The van der Waals surface area contributed by atoms with Gasteiger partial charge in [-0.1, -0.05) is 18.2 Å². The van der Waals surface area contributed by atoms with Gasteiger partial charge in [0.1, 0.15) is 10.6 Å². The van der Waals surface area contributed by atoms with E-state index < -0.39 is 10.0 Å². The topological polar surface area (TPSA) is 98.5 Å². The molecule has 0 heterocycles. The van der Waals surface area contributed by atoms with Crippen LogP contribution in [0.15, 0.2) is 53.4 Å². The van der Waals surface area contributed by atoms with Crippen LogP contribution in [0.4, 0.5) is 5.69 Å². The Morgan fingerprint density at radius 1 is 1.14 bits per heavy atom. The average molecular weight is 306 g/mol. The van der Waals surface area contributed by atoms with Crippen molar-refractivity contribution >= 4 is 21.6 Å². The normalized spacial score (nSPS) is 11.0. The first-order chi connectivity index (χ1) is 9.91. The molecule has 0 bridgehead atoms. The molecule has 6 nitrogen and oxygen atoms in total. The summed E-state index contributed by atoms with van der Waals surface area (Å²) in [6, 6.07) is 12.9. The molecule has 0 radical (unpaired) electrons. The molecule has 2 aromatic carbocycles. The maximum Gasteiger partial charge on any atom is 0.255 e. The maximum atomic E-state index is 12.1. The molecule has 7 heteroatoms. The zero-order valence-corrected chi connectivity index (χ0v) is 12.1. The maximum absolute atomic E-state index is 12.1. The van der Waals surface area contributed by atoms with Crippen molar-refractivity contribution in [2.75, 3.05) is 12.4 Å². The van der Waals surface area contributed by atoms with Gasteiger partial charge in [-0.25, -0.2) is 13.6 Å². The van der Waals surface area contributed by atoms with Crippen molar-refractivity contribution in [2.45, 2.75) is 4.90 Å². The molecular weight excluding hydrogens is 292 g/mol. The van der Waals surface area contributed by atoms with Gasteiger partial charge in [0.05, 0.1) is 7.11 Å². The Morgan fingerprint density at radius 3 is 2.38 bits per heavy atom. The number of anilines is 1. The van der Waals surface area contributed by atoms with Gasteiger partial charge in [-0.15, -0.1) is 0 Å². The Hall–Kier alpha value is -2.38. The minimum Gasteiger partial charge on any atom is -0.495 e. The van der Waals surface area contributed by atoms with Gasteiger partial charge in [0.25, 0.3) is 5.91 Å². The highest BCUT2D eigenvalue weighted by Gasteiger charge is 2.17. The second kappa shape index (κ2) is 5.94. The molecule has 110 valence electrons. The van der Waals surface area contributed by atoms with Gasteiger partial charge in [0.15, 0.2) is 0 Å². The molecular formula is C14H14N2O4S. The molecule has 0 aromatic heterocycles. The Kier molecular flexibility index (Phi) is 4.25. The van der Waals surface area contributed by atoms with Gasteiger partial charge in [0, 0.05) is 11.3 Å². The number of sulfonamides is 1. The van der Waals surface area contributed by atoms with Gasteiger partial charge in [-0.05, 0) is 30.3 Å². The van der Waals surface area contributed by atoms with Crippen LogP contribution in [0.3, 0.4) is 0 Å². The molecule has 2 aromatic rings. The van der Waals surface area contributed by atoms with E-state index in [1.165, 1.54) is 25.3 Å². The number of amides is 1. The van der Waals surface area contributed by atoms with Crippen LogP contribution in [0.1, 0.15) is 10.4 Å². The second-order valence-electron chi connectivity index (χ2n) is 4.23. The lowest BCUT2D eigenvalue weighted by atomic mass is 10.2. The molecule has 21 heavy (non-hydrogen) atoms. The summed E-state index contributed by atoms with van der Waals surface area (Å²) in [6.45, 7) is 0. The molecule has 3 N–H and O–H groups in total. The molecule has 0 fully saturated rings. The Labute approximate surface area is 122 Å². The van der Waals surface area contributed by atoms with E-state index >= 15 is 0 Å². The SMILES string of the molecule is COc1cc(C(=O)Nc2ccccc2)ccc1S(N)(=O)=O. The van der Waals surface area contributed by atoms with Crippen LogP contribution >= 0.6 is 0 Å². The molecule has 0 aliphatic rings. The summed E-state index contributed by atoms with van der Waals surface area (Å²) >= 11 is 0. The number of nitrogens with two attached hydrogens (primary N) is 1. The summed E-state index contributed by atoms with van der Waals surface area (Å²) in [7, 11) is -2.60. The summed E-state index contributed by atoms with van der Waals surface area (Å²) in [5.41, 5.74) is 0.903. The first-order valence-electron chi connectivity index (χ1n) is 5.99. The first-order valence-corrected chi connectivity index (χ1v) is 7.53. The number of carbonyl (C=O) groups is 1. The number of nitrogens with one attached hydrogen (secondary N) is 1. The van der Waals surface area contributed by atoms with Crippen LogP contribution in [0.25, 0.3) is 0 Å². The van der Waals surface area contributed by atoms with Crippen molar-refractivity contribution in [3.8, 4) is 5.75 Å². The Balaban J connectivity index is 2.31. The molecule has 0 unspecified atom stereocenters. The van der Waals surface area contributed by atoms with Crippen molar-refractivity contribution in [1.29, 1.82) is 0 Å². The van der Waals surface area contributed by atoms with Gasteiger partial charge < -0.3 is 10.1 Å². The van der Waals surface area contributed by atoms with Crippen molar-refractivity contribution in [1.82, 2.24) is 0 Å². The lowest BCUT2D eigenvalue weighted by Gasteiger charge is -2.09. The highest BCUT2D eigenvalue weighted by Crippen LogP contribution is 2.24. The molecule has 0 spiro atoms. The Bertz CT molecular complexity index is 758. The third-order valence-corrected chi connectivity index (χ3v) is 3.71. The number of primary sulfonamides is 1. The molecule has 0 saturated heterocycles. The number of para-hydroxylation sites is 1. The minimum absolute atomic E-state index is 0.0261. The van der Waals surface area contributed by atoms with E-state index in [-0.39, 0.29) is 22.1 Å². The van der Waals surface area contributed by atoms with E-state index in [9.17, 15) is 13.2 Å². The average Bonchev–Trinajstić information content (AvgIpc) is 2.46. The molecule has 1 amide bonds. The van der Waals surface area contributed by atoms with E-state index in [1.54, 1.807) is 24.3 Å². The second-order valence-corrected chi connectivity index (χ2v) is 5.76. The number of benzene rings is 2. The van der Waals surface area contributed by atoms with E-state index in [4.69, 9.17) is 9.88 Å². The fraction of sp³-hybridized carbons (Fsp3) is 0.0714. The van der Waals surface area contributed by atoms with Crippen LogP contribution in [0, 0.1) is 0 Å². The largest absolute Gasteiger partial charge is 0.495 e. The third kappa shape index (κ3) is 3.59. The molecule has 0 aliphatic carbocycles. The lowest BCUT2D eigenvalue weighted by Crippen LogP contribution is -2.15. The standard InChI is InChI=1S/C14H14N2O4S/c1-20-12-9-10(7-8-13(12)21(15,18)19)14(17)16-11-5-3-2-4-6-11/h2-9H,1H3,(H,16,17)(H2,15,18,19). The fourth-order valence-electron chi connectivity index (χ4n) is 1.77. The van der Waals surface area contributed by atoms with Crippen LogP contribution < -0.4 is 15.2 Å². The number of hydrogen-bond donors (Lipinski definition) is 2. The van der Waals surface area contributed by atoms with E-state index in [0.29, 0.717) is 5.69 Å². The zero-order valence-electron chi connectivity index (χ0n) is 11.2. The van der Waals surface area contributed by atoms with Gasteiger partial charge >= 0.3 is 0 Å².